The summed E-state index contributed by atoms with van der Waals surface area (Å²) in [5.74, 6) is 1.84. The molecule has 0 unspecified atom stereocenters. The van der Waals surface area contributed by atoms with Gasteiger partial charge in [-0.3, -0.25) is 4.79 Å². The van der Waals surface area contributed by atoms with Crippen LogP contribution in [-0.2, 0) is 9.53 Å². The van der Waals surface area contributed by atoms with E-state index in [1.54, 1.807) is 12.3 Å². The minimum atomic E-state index is -0.0482. The molecule has 1 amide bonds. The zero-order valence-electron chi connectivity index (χ0n) is 17.9. The van der Waals surface area contributed by atoms with E-state index < -0.39 is 0 Å². The summed E-state index contributed by atoms with van der Waals surface area (Å²) in [7, 11) is 0. The fraction of sp³-hybridized carbons (Fsp3) is 0.522. The summed E-state index contributed by atoms with van der Waals surface area (Å²) in [5, 5.41) is 10.2. The number of piperidine rings is 1. The van der Waals surface area contributed by atoms with E-state index in [4.69, 9.17) is 21.3 Å². The Kier molecular flexibility index (Phi) is 7.37. The molecule has 2 atom stereocenters. The lowest BCUT2D eigenvalue weighted by molar-refractivity contribution is -0.120. The van der Waals surface area contributed by atoms with Crippen LogP contribution < -0.4 is 16.0 Å². The fourth-order valence-corrected chi connectivity index (χ4v) is 4.24. The first-order valence-electron chi connectivity index (χ1n) is 11.1. The summed E-state index contributed by atoms with van der Waals surface area (Å²) in [6.45, 7) is 5.36. The van der Waals surface area contributed by atoms with Gasteiger partial charge >= 0.3 is 0 Å². The van der Waals surface area contributed by atoms with E-state index in [-0.39, 0.29) is 11.8 Å². The Bertz CT molecular complexity index is 895. The first kappa shape index (κ1) is 22.0. The molecule has 4 heterocycles. The van der Waals surface area contributed by atoms with Gasteiger partial charge in [-0.1, -0.05) is 17.7 Å². The maximum atomic E-state index is 12.6. The number of pyridine rings is 2. The fourth-order valence-electron chi connectivity index (χ4n) is 4.04. The van der Waals surface area contributed by atoms with Crippen LogP contribution in [0.2, 0.25) is 5.02 Å². The summed E-state index contributed by atoms with van der Waals surface area (Å²) in [5.41, 5.74) is 1.49. The molecule has 2 aliphatic rings. The number of carbonyl (C=O) groups excluding carboxylic acids is 1. The van der Waals surface area contributed by atoms with Crippen LogP contribution in [0.3, 0.4) is 0 Å². The number of halogens is 1. The molecule has 4 rings (SSSR count). The van der Waals surface area contributed by atoms with Gasteiger partial charge in [0.15, 0.2) is 0 Å². The molecular weight excluding hydrogens is 414 g/mol. The number of carbonyl (C=O) groups is 1. The Morgan fingerprint density at radius 1 is 1.23 bits per heavy atom. The molecule has 0 spiro atoms. The third kappa shape index (κ3) is 5.93. The van der Waals surface area contributed by atoms with Crippen molar-refractivity contribution in [3.63, 3.8) is 0 Å². The van der Waals surface area contributed by atoms with Crippen LogP contribution in [-0.4, -0.2) is 48.2 Å². The first-order chi connectivity index (χ1) is 15.1. The van der Waals surface area contributed by atoms with Gasteiger partial charge in [-0.15, -0.1) is 0 Å². The maximum absolute atomic E-state index is 12.6. The molecule has 0 bridgehead atoms. The second-order valence-corrected chi connectivity index (χ2v) is 8.87. The molecule has 8 heteroatoms. The molecule has 7 nitrogen and oxygen atoms in total. The molecule has 0 aliphatic carbocycles. The molecule has 2 aromatic rings. The molecule has 2 aromatic heterocycles. The second kappa shape index (κ2) is 10.4. The van der Waals surface area contributed by atoms with Crippen molar-refractivity contribution >= 4 is 29.1 Å². The second-order valence-electron chi connectivity index (χ2n) is 8.47. The Morgan fingerprint density at radius 3 is 2.84 bits per heavy atom. The molecule has 0 radical (unpaired) electrons. The number of hydrogen-bond donors (Lipinski definition) is 3. The van der Waals surface area contributed by atoms with Gasteiger partial charge in [-0.25, -0.2) is 9.97 Å². The summed E-state index contributed by atoms with van der Waals surface area (Å²) in [6, 6.07) is 8.08. The third-order valence-corrected chi connectivity index (χ3v) is 6.38. The molecule has 31 heavy (non-hydrogen) atoms. The van der Waals surface area contributed by atoms with Crippen LogP contribution in [0.25, 0.3) is 11.3 Å². The van der Waals surface area contributed by atoms with Gasteiger partial charge in [0.25, 0.3) is 0 Å². The monoisotopic (exact) mass is 443 g/mol. The maximum Gasteiger partial charge on any atom is 0.229 e. The highest BCUT2D eigenvalue weighted by Gasteiger charge is 2.24. The van der Waals surface area contributed by atoms with Gasteiger partial charge in [-0.05, 0) is 56.7 Å². The average molecular weight is 444 g/mol. The normalized spacial score (nSPS) is 22.1. The van der Waals surface area contributed by atoms with Gasteiger partial charge in [0.05, 0.1) is 16.6 Å². The minimum absolute atomic E-state index is 0.0139. The molecule has 3 N–H and O–H groups in total. The van der Waals surface area contributed by atoms with Crippen molar-refractivity contribution in [3.05, 3.63) is 35.5 Å². The quantitative estimate of drug-likeness (QED) is 0.626. The van der Waals surface area contributed by atoms with Gasteiger partial charge in [0.2, 0.25) is 5.91 Å². The highest BCUT2D eigenvalue weighted by atomic mass is 35.5. The van der Waals surface area contributed by atoms with Crippen molar-refractivity contribution in [2.24, 2.45) is 11.8 Å². The molecule has 0 saturated carbocycles. The lowest BCUT2D eigenvalue weighted by Crippen LogP contribution is -2.41. The lowest BCUT2D eigenvalue weighted by Gasteiger charge is -2.26. The summed E-state index contributed by atoms with van der Waals surface area (Å²) in [4.78, 5) is 21.7. The van der Waals surface area contributed by atoms with Crippen molar-refractivity contribution in [2.75, 3.05) is 36.9 Å². The first-order valence-corrected chi connectivity index (χ1v) is 11.4. The zero-order valence-corrected chi connectivity index (χ0v) is 18.6. The van der Waals surface area contributed by atoms with E-state index in [1.807, 2.05) is 18.2 Å². The van der Waals surface area contributed by atoms with E-state index >= 15 is 0 Å². The Labute approximate surface area is 188 Å². The Morgan fingerprint density at radius 2 is 2.06 bits per heavy atom. The van der Waals surface area contributed by atoms with Crippen LogP contribution in [0.1, 0.15) is 32.6 Å². The van der Waals surface area contributed by atoms with Gasteiger partial charge < -0.3 is 20.7 Å². The van der Waals surface area contributed by atoms with Crippen molar-refractivity contribution < 1.29 is 9.53 Å². The number of hydrogen-bond acceptors (Lipinski definition) is 6. The number of ether oxygens (including phenoxy) is 1. The molecule has 2 aliphatic heterocycles. The molecular formula is C23H30ClN5O2. The Balaban J connectivity index is 1.43. The summed E-state index contributed by atoms with van der Waals surface area (Å²) in [6.07, 6.45) is 5.58. The van der Waals surface area contributed by atoms with Crippen LogP contribution in [0.4, 0.5) is 11.6 Å². The van der Waals surface area contributed by atoms with Crippen molar-refractivity contribution in [2.45, 2.75) is 38.6 Å². The number of aromatic nitrogens is 2. The largest absolute Gasteiger partial charge is 0.381 e. The van der Waals surface area contributed by atoms with Crippen LogP contribution in [0, 0.1) is 11.8 Å². The van der Waals surface area contributed by atoms with Gasteiger partial charge in [0, 0.05) is 44.1 Å². The lowest BCUT2D eigenvalue weighted by atomic mass is 9.95. The Hall–Kier alpha value is -2.22. The summed E-state index contributed by atoms with van der Waals surface area (Å²) < 4.78 is 5.43. The molecule has 2 fully saturated rings. The molecule has 0 aromatic carbocycles. The van der Waals surface area contributed by atoms with E-state index in [0.29, 0.717) is 29.3 Å². The van der Waals surface area contributed by atoms with E-state index in [1.165, 1.54) is 0 Å². The van der Waals surface area contributed by atoms with Gasteiger partial charge in [0.1, 0.15) is 11.6 Å². The average Bonchev–Trinajstić information content (AvgIpc) is 2.80. The van der Waals surface area contributed by atoms with E-state index in [0.717, 1.165) is 62.5 Å². The number of rotatable bonds is 6. The number of nitrogens with one attached hydrogen (secondary N) is 3. The minimum Gasteiger partial charge on any atom is -0.381 e. The van der Waals surface area contributed by atoms with Crippen molar-refractivity contribution in [1.29, 1.82) is 0 Å². The number of anilines is 2. The van der Waals surface area contributed by atoms with Crippen LogP contribution in [0.15, 0.2) is 30.5 Å². The molecule has 166 valence electrons. The van der Waals surface area contributed by atoms with Gasteiger partial charge in [-0.2, -0.15) is 0 Å². The topological polar surface area (TPSA) is 88.2 Å². The standard InChI is InChI=1S/C23H30ClN5O2/c1-15-5-6-17(13-25-15)23(30)29-22-11-18(19(24)14-27-22)20-3-2-4-21(28-20)26-12-16-7-9-31-10-8-16/h2-4,11,14-17,25H,5-10,12-13H2,1H3,(H,26,28)(H,27,29,30)/t15-,17+/m1/s1. The SMILES string of the molecule is C[C@@H]1CC[C@H](C(=O)Nc2cc(-c3cccc(NCC4CCOCC4)n3)c(Cl)cn2)CN1. The highest BCUT2D eigenvalue weighted by Crippen LogP contribution is 2.29. The predicted molar refractivity (Wildman–Crippen MR) is 123 cm³/mol. The van der Waals surface area contributed by atoms with Crippen molar-refractivity contribution in [3.8, 4) is 11.3 Å². The third-order valence-electron chi connectivity index (χ3n) is 6.08. The van der Waals surface area contributed by atoms with Crippen LogP contribution >= 0.6 is 11.6 Å². The van der Waals surface area contributed by atoms with E-state index in [2.05, 4.69) is 27.9 Å². The zero-order chi connectivity index (χ0) is 21.6. The smallest absolute Gasteiger partial charge is 0.229 e. The van der Waals surface area contributed by atoms with Crippen LogP contribution in [0.5, 0.6) is 0 Å². The van der Waals surface area contributed by atoms with E-state index in [9.17, 15) is 4.79 Å². The number of amides is 1. The summed E-state index contributed by atoms with van der Waals surface area (Å²) >= 11 is 6.42. The van der Waals surface area contributed by atoms with Crippen molar-refractivity contribution in [1.82, 2.24) is 15.3 Å². The highest BCUT2D eigenvalue weighted by molar-refractivity contribution is 6.33. The molecule has 2 saturated heterocycles. The number of nitrogens with zero attached hydrogens (tertiary/aromatic N) is 2. The predicted octanol–water partition coefficient (Wildman–Crippen LogP) is 3.96.